The van der Waals surface area contributed by atoms with Gasteiger partial charge in [-0.05, 0) is 49.9 Å². The van der Waals surface area contributed by atoms with E-state index in [2.05, 4.69) is 6.92 Å². The standard InChI is InChI=1S/C13H20FNO/c1-3-10(5-4-8-15)12-9-11(14)6-7-13(12)16-2/h6-7,9-10H,3-5,8,15H2,1-2H3. The largest absolute Gasteiger partial charge is 0.496 e. The van der Waals surface area contributed by atoms with Crippen LogP contribution in [0.5, 0.6) is 5.75 Å². The molecule has 0 aliphatic rings. The van der Waals surface area contributed by atoms with E-state index in [4.69, 9.17) is 10.5 Å². The van der Waals surface area contributed by atoms with Crippen LogP contribution in [0.3, 0.4) is 0 Å². The Morgan fingerprint density at radius 1 is 1.44 bits per heavy atom. The molecule has 16 heavy (non-hydrogen) atoms. The fourth-order valence-corrected chi connectivity index (χ4v) is 1.97. The second-order valence-electron chi connectivity index (χ2n) is 3.92. The highest BCUT2D eigenvalue weighted by Crippen LogP contribution is 2.32. The van der Waals surface area contributed by atoms with Gasteiger partial charge in [0.25, 0.3) is 0 Å². The third-order valence-electron chi connectivity index (χ3n) is 2.88. The minimum Gasteiger partial charge on any atom is -0.496 e. The number of halogens is 1. The lowest BCUT2D eigenvalue weighted by Crippen LogP contribution is -2.05. The zero-order valence-corrected chi connectivity index (χ0v) is 10.0. The van der Waals surface area contributed by atoms with Gasteiger partial charge in [0.1, 0.15) is 11.6 Å². The van der Waals surface area contributed by atoms with E-state index in [0.29, 0.717) is 12.5 Å². The Labute approximate surface area is 96.6 Å². The second kappa shape index (κ2) is 6.48. The van der Waals surface area contributed by atoms with Crippen molar-refractivity contribution < 1.29 is 9.13 Å². The van der Waals surface area contributed by atoms with Crippen LogP contribution in [-0.2, 0) is 0 Å². The summed E-state index contributed by atoms with van der Waals surface area (Å²) in [5, 5.41) is 0. The fourth-order valence-electron chi connectivity index (χ4n) is 1.97. The molecule has 0 amide bonds. The molecule has 1 aromatic rings. The first-order chi connectivity index (χ1) is 7.72. The SMILES string of the molecule is CCC(CCCN)c1cc(F)ccc1OC. The molecule has 1 atom stereocenters. The van der Waals surface area contributed by atoms with Gasteiger partial charge in [0, 0.05) is 5.56 Å². The summed E-state index contributed by atoms with van der Waals surface area (Å²) in [5.74, 6) is 0.890. The monoisotopic (exact) mass is 225 g/mol. The molecule has 1 rings (SSSR count). The van der Waals surface area contributed by atoms with Crippen molar-refractivity contribution in [3.8, 4) is 5.75 Å². The molecule has 0 aromatic heterocycles. The van der Waals surface area contributed by atoms with Gasteiger partial charge >= 0.3 is 0 Å². The fraction of sp³-hybridized carbons (Fsp3) is 0.538. The minimum absolute atomic E-state index is 0.206. The zero-order valence-electron chi connectivity index (χ0n) is 10.0. The van der Waals surface area contributed by atoms with Crippen LogP contribution in [0, 0.1) is 5.82 Å². The van der Waals surface area contributed by atoms with Crippen LogP contribution in [0.1, 0.15) is 37.7 Å². The lowest BCUT2D eigenvalue weighted by atomic mass is 9.91. The van der Waals surface area contributed by atoms with Crippen LogP contribution < -0.4 is 10.5 Å². The average molecular weight is 225 g/mol. The van der Waals surface area contributed by atoms with E-state index in [1.807, 2.05) is 0 Å². The molecule has 2 nitrogen and oxygen atoms in total. The number of methoxy groups -OCH3 is 1. The number of hydrogen-bond acceptors (Lipinski definition) is 2. The summed E-state index contributed by atoms with van der Waals surface area (Å²) in [6, 6.07) is 4.69. The van der Waals surface area contributed by atoms with E-state index in [0.717, 1.165) is 30.6 Å². The molecule has 1 unspecified atom stereocenters. The summed E-state index contributed by atoms with van der Waals surface area (Å²) in [7, 11) is 1.62. The number of ether oxygens (including phenoxy) is 1. The molecule has 3 heteroatoms. The van der Waals surface area contributed by atoms with E-state index < -0.39 is 0 Å². The topological polar surface area (TPSA) is 35.2 Å². The van der Waals surface area contributed by atoms with Gasteiger partial charge in [-0.2, -0.15) is 0 Å². The van der Waals surface area contributed by atoms with E-state index >= 15 is 0 Å². The molecule has 0 spiro atoms. The molecule has 0 aliphatic carbocycles. The first-order valence-electron chi connectivity index (χ1n) is 5.76. The van der Waals surface area contributed by atoms with Crippen LogP contribution in [-0.4, -0.2) is 13.7 Å². The number of nitrogens with two attached hydrogens (primary N) is 1. The summed E-state index contributed by atoms with van der Waals surface area (Å²) in [6.45, 7) is 2.78. The van der Waals surface area contributed by atoms with Crippen LogP contribution in [0.2, 0.25) is 0 Å². The third-order valence-corrected chi connectivity index (χ3v) is 2.88. The average Bonchev–Trinajstić information content (AvgIpc) is 2.30. The molecule has 0 aliphatic heterocycles. The number of hydrogen-bond donors (Lipinski definition) is 1. The Kier molecular flexibility index (Phi) is 5.26. The molecule has 0 radical (unpaired) electrons. The molecule has 0 saturated heterocycles. The Bertz CT molecular complexity index is 328. The molecule has 0 saturated carbocycles. The first kappa shape index (κ1) is 13.0. The van der Waals surface area contributed by atoms with Crippen LogP contribution in [0.15, 0.2) is 18.2 Å². The molecular formula is C13H20FNO. The van der Waals surface area contributed by atoms with Crippen molar-refractivity contribution in [2.75, 3.05) is 13.7 Å². The van der Waals surface area contributed by atoms with Crippen LogP contribution in [0.4, 0.5) is 4.39 Å². The van der Waals surface area contributed by atoms with Crippen molar-refractivity contribution in [2.45, 2.75) is 32.1 Å². The van der Waals surface area contributed by atoms with Gasteiger partial charge in [0.15, 0.2) is 0 Å². The summed E-state index contributed by atoms with van der Waals surface area (Å²) in [6.07, 6.45) is 2.91. The van der Waals surface area contributed by atoms with Crippen molar-refractivity contribution in [2.24, 2.45) is 5.73 Å². The van der Waals surface area contributed by atoms with E-state index in [9.17, 15) is 4.39 Å². The summed E-state index contributed by atoms with van der Waals surface area (Å²) in [5.41, 5.74) is 6.46. The Morgan fingerprint density at radius 3 is 2.75 bits per heavy atom. The second-order valence-corrected chi connectivity index (χ2v) is 3.92. The number of benzene rings is 1. The predicted octanol–water partition coefficient (Wildman–Crippen LogP) is 3.07. The van der Waals surface area contributed by atoms with Crippen molar-refractivity contribution in [1.82, 2.24) is 0 Å². The van der Waals surface area contributed by atoms with Gasteiger partial charge in [-0.3, -0.25) is 0 Å². The van der Waals surface area contributed by atoms with Crippen LogP contribution >= 0.6 is 0 Å². The Balaban J connectivity index is 2.92. The Morgan fingerprint density at radius 2 is 2.19 bits per heavy atom. The van der Waals surface area contributed by atoms with E-state index in [1.165, 1.54) is 6.07 Å². The molecule has 0 fully saturated rings. The maximum atomic E-state index is 13.2. The van der Waals surface area contributed by atoms with Crippen molar-refractivity contribution >= 4 is 0 Å². The van der Waals surface area contributed by atoms with E-state index in [-0.39, 0.29) is 5.82 Å². The quantitative estimate of drug-likeness (QED) is 0.807. The highest BCUT2D eigenvalue weighted by atomic mass is 19.1. The highest BCUT2D eigenvalue weighted by Gasteiger charge is 2.14. The van der Waals surface area contributed by atoms with Crippen LogP contribution in [0.25, 0.3) is 0 Å². The predicted molar refractivity (Wildman–Crippen MR) is 64.3 cm³/mol. The molecule has 0 heterocycles. The van der Waals surface area contributed by atoms with Gasteiger partial charge in [-0.1, -0.05) is 6.92 Å². The van der Waals surface area contributed by atoms with Crippen molar-refractivity contribution in [1.29, 1.82) is 0 Å². The van der Waals surface area contributed by atoms with Gasteiger partial charge in [0.05, 0.1) is 7.11 Å². The molecular weight excluding hydrogens is 205 g/mol. The maximum absolute atomic E-state index is 13.2. The summed E-state index contributed by atoms with van der Waals surface area (Å²) < 4.78 is 18.5. The lowest BCUT2D eigenvalue weighted by Gasteiger charge is -2.18. The molecule has 0 bridgehead atoms. The summed E-state index contributed by atoms with van der Waals surface area (Å²) >= 11 is 0. The van der Waals surface area contributed by atoms with Gasteiger partial charge in [0.2, 0.25) is 0 Å². The first-order valence-corrected chi connectivity index (χ1v) is 5.76. The number of rotatable bonds is 6. The van der Waals surface area contributed by atoms with Crippen molar-refractivity contribution in [3.63, 3.8) is 0 Å². The van der Waals surface area contributed by atoms with Gasteiger partial charge in [-0.25, -0.2) is 4.39 Å². The zero-order chi connectivity index (χ0) is 12.0. The molecule has 2 N–H and O–H groups in total. The van der Waals surface area contributed by atoms with Gasteiger partial charge in [-0.15, -0.1) is 0 Å². The minimum atomic E-state index is -0.206. The highest BCUT2D eigenvalue weighted by molar-refractivity contribution is 5.36. The van der Waals surface area contributed by atoms with E-state index in [1.54, 1.807) is 19.2 Å². The smallest absolute Gasteiger partial charge is 0.123 e. The molecule has 90 valence electrons. The van der Waals surface area contributed by atoms with Gasteiger partial charge < -0.3 is 10.5 Å². The Hall–Kier alpha value is -1.09. The summed E-state index contributed by atoms with van der Waals surface area (Å²) in [4.78, 5) is 0. The maximum Gasteiger partial charge on any atom is 0.123 e. The molecule has 1 aromatic carbocycles. The van der Waals surface area contributed by atoms with Crippen molar-refractivity contribution in [3.05, 3.63) is 29.6 Å². The normalized spacial score (nSPS) is 12.5. The third kappa shape index (κ3) is 3.20. The lowest BCUT2D eigenvalue weighted by molar-refractivity contribution is 0.400.